The summed E-state index contributed by atoms with van der Waals surface area (Å²) in [5, 5.41) is 0. The highest BCUT2D eigenvalue weighted by atomic mass is 14.8. The molecule has 4 saturated carbocycles. The Bertz CT molecular complexity index is 964. The third kappa shape index (κ3) is 1.57. The molecular formula is C28H32. The fourth-order valence-corrected chi connectivity index (χ4v) is 9.94. The maximum absolute atomic E-state index is 2.71. The van der Waals surface area contributed by atoms with Crippen molar-refractivity contribution in [1.82, 2.24) is 0 Å². The normalized spacial score (nSPS) is 46.3. The minimum atomic E-state index is 0.303. The van der Waals surface area contributed by atoms with E-state index in [1.807, 2.05) is 0 Å². The third-order valence-electron chi connectivity index (χ3n) is 10.4. The van der Waals surface area contributed by atoms with Crippen LogP contribution < -0.4 is 0 Å². The van der Waals surface area contributed by atoms with Gasteiger partial charge in [0.2, 0.25) is 0 Å². The number of rotatable bonds is 0. The Morgan fingerprint density at radius 2 is 1.21 bits per heavy atom. The van der Waals surface area contributed by atoms with Crippen molar-refractivity contribution in [2.24, 2.45) is 34.5 Å². The molecule has 0 heteroatoms. The van der Waals surface area contributed by atoms with E-state index in [1.54, 1.807) is 22.3 Å². The number of fused-ring (bicyclic) bond motifs is 2. The highest BCUT2D eigenvalue weighted by Crippen LogP contribution is 2.80. The van der Waals surface area contributed by atoms with E-state index in [0.717, 1.165) is 23.7 Å². The Hall–Kier alpha value is -1.56. The van der Waals surface area contributed by atoms with Crippen LogP contribution in [0.25, 0.3) is 0 Å². The Morgan fingerprint density at radius 3 is 1.71 bits per heavy atom. The maximum atomic E-state index is 2.71. The maximum Gasteiger partial charge on any atom is 0.0270 e. The van der Waals surface area contributed by atoms with Gasteiger partial charge in [0.05, 0.1) is 0 Å². The first-order valence-corrected chi connectivity index (χ1v) is 11.6. The Morgan fingerprint density at radius 1 is 0.714 bits per heavy atom. The number of benzene rings is 2. The summed E-state index contributed by atoms with van der Waals surface area (Å²) >= 11 is 0. The van der Waals surface area contributed by atoms with Gasteiger partial charge in [-0.1, -0.05) is 61.4 Å². The molecule has 0 aliphatic heterocycles. The summed E-state index contributed by atoms with van der Waals surface area (Å²) in [4.78, 5) is 0. The average molecular weight is 369 g/mol. The Labute approximate surface area is 169 Å². The van der Waals surface area contributed by atoms with Crippen molar-refractivity contribution in [3.63, 3.8) is 0 Å². The van der Waals surface area contributed by atoms with Crippen LogP contribution in [0.3, 0.4) is 0 Å². The molecule has 6 aliphatic rings. The lowest BCUT2D eigenvalue weighted by molar-refractivity contribution is -0.227. The van der Waals surface area contributed by atoms with Gasteiger partial charge < -0.3 is 0 Å². The van der Waals surface area contributed by atoms with Crippen LogP contribution in [0.15, 0.2) is 36.4 Å². The first-order valence-electron chi connectivity index (χ1n) is 11.6. The number of hydrogen-bond acceptors (Lipinski definition) is 0. The van der Waals surface area contributed by atoms with E-state index < -0.39 is 0 Å². The summed E-state index contributed by atoms with van der Waals surface area (Å²) in [6, 6.07) is 15.0. The molecule has 8 rings (SSSR count). The van der Waals surface area contributed by atoms with Crippen LogP contribution in [0.2, 0.25) is 0 Å². The summed E-state index contributed by atoms with van der Waals surface area (Å²) in [7, 11) is 0. The zero-order chi connectivity index (χ0) is 19.1. The topological polar surface area (TPSA) is 0 Å². The zero-order valence-electron chi connectivity index (χ0n) is 17.8. The van der Waals surface area contributed by atoms with E-state index >= 15 is 0 Å². The van der Waals surface area contributed by atoms with Crippen LogP contribution in [0.5, 0.6) is 0 Å². The lowest BCUT2D eigenvalue weighted by atomic mass is 9.26. The molecule has 7 bridgehead atoms. The summed E-state index contributed by atoms with van der Waals surface area (Å²) in [5.74, 6) is 3.46. The number of hydrogen-bond donors (Lipinski definition) is 0. The van der Waals surface area contributed by atoms with Gasteiger partial charge in [-0.15, -0.1) is 0 Å². The lowest BCUT2D eigenvalue weighted by Crippen LogP contribution is -2.73. The van der Waals surface area contributed by atoms with E-state index in [2.05, 4.69) is 64.1 Å². The SMILES string of the molecule is Cc1ccc2c(c1)CC1C3CC4(C)CC5C(Cc6cc(C)ccc6C235)C1(C)C4. The molecule has 6 aliphatic carbocycles. The average Bonchev–Trinajstić information content (AvgIpc) is 2.63. The van der Waals surface area contributed by atoms with E-state index in [4.69, 9.17) is 0 Å². The molecule has 0 aromatic heterocycles. The fraction of sp³-hybridized carbons (Fsp3) is 0.571. The molecule has 2 aromatic carbocycles. The molecule has 4 atom stereocenters. The van der Waals surface area contributed by atoms with Gasteiger partial charge in [-0.05, 0) is 103 Å². The fourth-order valence-electron chi connectivity index (χ4n) is 9.94. The van der Waals surface area contributed by atoms with Crippen molar-refractivity contribution in [3.05, 3.63) is 69.8 Å². The summed E-state index contributed by atoms with van der Waals surface area (Å²) in [6.07, 6.45) is 7.05. The van der Waals surface area contributed by atoms with E-state index in [-0.39, 0.29) is 0 Å². The van der Waals surface area contributed by atoms with Gasteiger partial charge >= 0.3 is 0 Å². The second-order valence-corrected chi connectivity index (χ2v) is 11.9. The molecule has 0 saturated heterocycles. The van der Waals surface area contributed by atoms with Crippen molar-refractivity contribution in [1.29, 1.82) is 0 Å². The van der Waals surface area contributed by atoms with Crippen LogP contribution >= 0.6 is 0 Å². The molecule has 28 heavy (non-hydrogen) atoms. The molecule has 0 N–H and O–H groups in total. The molecule has 0 nitrogen and oxygen atoms in total. The van der Waals surface area contributed by atoms with Gasteiger partial charge in [-0.3, -0.25) is 0 Å². The molecular weight excluding hydrogens is 336 g/mol. The summed E-state index contributed by atoms with van der Waals surface area (Å²) < 4.78 is 0. The quantitative estimate of drug-likeness (QED) is 0.505. The van der Waals surface area contributed by atoms with E-state index in [0.29, 0.717) is 16.2 Å². The predicted octanol–water partition coefficient (Wildman–Crippen LogP) is 6.39. The molecule has 0 heterocycles. The Balaban J connectivity index is 1.63. The third-order valence-corrected chi connectivity index (χ3v) is 10.4. The van der Waals surface area contributed by atoms with Crippen molar-refractivity contribution >= 4 is 0 Å². The zero-order valence-corrected chi connectivity index (χ0v) is 17.8. The standard InChI is InChI=1S/C28H32/c1-16-5-7-20-18(9-16)11-22-24-13-26(3)14-25-23(27(22,4)15-26)12-19-10-17(2)6-8-21(19)28(20,24)25/h5-10,22-25H,11-15H2,1-4H3. The van der Waals surface area contributed by atoms with Gasteiger partial charge in [-0.25, -0.2) is 0 Å². The largest absolute Gasteiger partial charge is 0.0596 e. The molecule has 0 radical (unpaired) electrons. The summed E-state index contributed by atoms with van der Waals surface area (Å²) in [6.45, 7) is 9.92. The molecule has 1 spiro atoms. The van der Waals surface area contributed by atoms with Crippen molar-refractivity contribution in [2.75, 3.05) is 0 Å². The first-order chi connectivity index (χ1) is 13.3. The van der Waals surface area contributed by atoms with Crippen LogP contribution in [0, 0.1) is 48.3 Å². The van der Waals surface area contributed by atoms with Gasteiger partial charge in [0.1, 0.15) is 0 Å². The monoisotopic (exact) mass is 368 g/mol. The smallest absolute Gasteiger partial charge is 0.0270 e. The predicted molar refractivity (Wildman–Crippen MR) is 115 cm³/mol. The van der Waals surface area contributed by atoms with Crippen LogP contribution in [0.1, 0.15) is 66.5 Å². The van der Waals surface area contributed by atoms with E-state index in [1.165, 1.54) is 43.2 Å². The number of aryl methyl sites for hydroxylation is 2. The Kier molecular flexibility index (Phi) is 2.67. The molecule has 4 unspecified atom stereocenters. The second kappa shape index (κ2) is 4.61. The molecule has 0 amide bonds. The van der Waals surface area contributed by atoms with Crippen molar-refractivity contribution in [3.8, 4) is 0 Å². The second-order valence-electron chi connectivity index (χ2n) is 11.9. The molecule has 4 fully saturated rings. The first kappa shape index (κ1) is 16.3. The minimum absolute atomic E-state index is 0.303. The van der Waals surface area contributed by atoms with Crippen molar-refractivity contribution < 1.29 is 0 Å². The summed E-state index contributed by atoms with van der Waals surface area (Å²) in [5.41, 5.74) is 11.1. The highest BCUT2D eigenvalue weighted by Gasteiger charge is 2.75. The van der Waals surface area contributed by atoms with Gasteiger partial charge in [-0.2, -0.15) is 0 Å². The van der Waals surface area contributed by atoms with Crippen LogP contribution in [-0.4, -0.2) is 0 Å². The minimum Gasteiger partial charge on any atom is -0.0596 e. The van der Waals surface area contributed by atoms with Crippen LogP contribution in [-0.2, 0) is 18.3 Å². The van der Waals surface area contributed by atoms with Gasteiger partial charge in [0.25, 0.3) is 0 Å². The highest BCUT2D eigenvalue weighted by molar-refractivity contribution is 5.57. The van der Waals surface area contributed by atoms with Gasteiger partial charge in [0, 0.05) is 5.41 Å². The van der Waals surface area contributed by atoms with Gasteiger partial charge in [0.15, 0.2) is 0 Å². The lowest BCUT2D eigenvalue weighted by Gasteiger charge is -2.78. The van der Waals surface area contributed by atoms with Crippen LogP contribution in [0.4, 0.5) is 0 Å². The van der Waals surface area contributed by atoms with E-state index in [9.17, 15) is 0 Å². The molecule has 144 valence electrons. The van der Waals surface area contributed by atoms with Crippen molar-refractivity contribution in [2.45, 2.75) is 65.2 Å². The molecule has 2 aromatic rings.